The second-order valence-electron chi connectivity index (χ2n) is 4.65. The standard InChI is InChI=1S/C16H15ClN2OS/c1-10-12(17)8-5-9-13(10)19-16(20)14(15(18)21)11-6-3-2-4-7-11/h2-9,14H,1H3,(H2,18,21)(H,19,20). The Kier molecular flexibility index (Phi) is 4.94. The molecule has 0 aliphatic rings. The third kappa shape index (κ3) is 3.60. The van der Waals surface area contributed by atoms with E-state index in [1.54, 1.807) is 18.2 Å². The zero-order valence-electron chi connectivity index (χ0n) is 11.5. The first-order valence-corrected chi connectivity index (χ1v) is 7.19. The molecule has 3 nitrogen and oxygen atoms in total. The summed E-state index contributed by atoms with van der Waals surface area (Å²) >= 11 is 11.1. The summed E-state index contributed by atoms with van der Waals surface area (Å²) in [5, 5.41) is 3.44. The number of halogens is 1. The van der Waals surface area contributed by atoms with Crippen LogP contribution >= 0.6 is 23.8 Å². The van der Waals surface area contributed by atoms with E-state index in [-0.39, 0.29) is 10.9 Å². The van der Waals surface area contributed by atoms with Gasteiger partial charge < -0.3 is 11.1 Å². The van der Waals surface area contributed by atoms with E-state index in [1.165, 1.54) is 0 Å². The maximum atomic E-state index is 12.5. The smallest absolute Gasteiger partial charge is 0.238 e. The molecule has 0 radical (unpaired) electrons. The predicted molar refractivity (Wildman–Crippen MR) is 90.8 cm³/mol. The van der Waals surface area contributed by atoms with Gasteiger partial charge in [0.15, 0.2) is 0 Å². The number of rotatable bonds is 4. The fraction of sp³-hybridized carbons (Fsp3) is 0.125. The van der Waals surface area contributed by atoms with Crippen LogP contribution in [0.4, 0.5) is 5.69 Å². The molecule has 0 heterocycles. The normalized spacial score (nSPS) is 11.7. The lowest BCUT2D eigenvalue weighted by Crippen LogP contribution is -2.31. The van der Waals surface area contributed by atoms with Crippen LogP contribution in [0.2, 0.25) is 5.02 Å². The highest BCUT2D eigenvalue weighted by molar-refractivity contribution is 7.80. The highest BCUT2D eigenvalue weighted by atomic mass is 35.5. The maximum absolute atomic E-state index is 12.5. The summed E-state index contributed by atoms with van der Waals surface area (Å²) in [6.07, 6.45) is 0. The number of amides is 1. The molecule has 0 aliphatic heterocycles. The molecule has 0 bridgehead atoms. The highest BCUT2D eigenvalue weighted by Crippen LogP contribution is 2.25. The number of thiocarbonyl (C=S) groups is 1. The monoisotopic (exact) mass is 318 g/mol. The Labute approximate surface area is 134 Å². The predicted octanol–water partition coefficient (Wildman–Crippen LogP) is 3.66. The first-order chi connectivity index (χ1) is 10.0. The van der Waals surface area contributed by atoms with Crippen molar-refractivity contribution in [1.82, 2.24) is 0 Å². The molecule has 5 heteroatoms. The van der Waals surface area contributed by atoms with E-state index in [1.807, 2.05) is 37.3 Å². The molecule has 108 valence electrons. The number of anilines is 1. The molecule has 1 amide bonds. The van der Waals surface area contributed by atoms with Gasteiger partial charge in [-0.15, -0.1) is 0 Å². The molecule has 1 unspecified atom stereocenters. The van der Waals surface area contributed by atoms with Crippen LogP contribution < -0.4 is 11.1 Å². The Balaban J connectivity index is 2.28. The molecule has 21 heavy (non-hydrogen) atoms. The van der Waals surface area contributed by atoms with Crippen LogP contribution in [0.1, 0.15) is 17.0 Å². The Morgan fingerprint density at radius 1 is 1.19 bits per heavy atom. The minimum Gasteiger partial charge on any atom is -0.392 e. The molecule has 2 aromatic carbocycles. The summed E-state index contributed by atoms with van der Waals surface area (Å²) in [6, 6.07) is 14.6. The molecule has 0 aliphatic carbocycles. The second kappa shape index (κ2) is 6.70. The van der Waals surface area contributed by atoms with Crippen molar-refractivity contribution in [3.63, 3.8) is 0 Å². The molecule has 2 rings (SSSR count). The van der Waals surface area contributed by atoms with E-state index in [4.69, 9.17) is 29.6 Å². The molecular formula is C16H15ClN2OS. The number of nitrogens with one attached hydrogen (secondary N) is 1. The lowest BCUT2D eigenvalue weighted by molar-refractivity contribution is -0.116. The second-order valence-corrected chi connectivity index (χ2v) is 5.53. The highest BCUT2D eigenvalue weighted by Gasteiger charge is 2.24. The molecule has 0 fully saturated rings. The van der Waals surface area contributed by atoms with Gasteiger partial charge in [-0.05, 0) is 30.2 Å². The first-order valence-electron chi connectivity index (χ1n) is 6.41. The van der Waals surface area contributed by atoms with Crippen LogP contribution in [0, 0.1) is 6.92 Å². The molecule has 1 atom stereocenters. The van der Waals surface area contributed by atoms with Crippen molar-refractivity contribution in [3.8, 4) is 0 Å². The van der Waals surface area contributed by atoms with Gasteiger partial charge in [0.25, 0.3) is 0 Å². The van der Waals surface area contributed by atoms with Gasteiger partial charge in [0.1, 0.15) is 5.92 Å². The lowest BCUT2D eigenvalue weighted by atomic mass is 9.98. The minimum absolute atomic E-state index is 0.137. The molecule has 2 aromatic rings. The number of hydrogen-bond donors (Lipinski definition) is 2. The molecule has 0 saturated carbocycles. The van der Waals surface area contributed by atoms with Gasteiger partial charge in [0.05, 0.1) is 4.99 Å². The Morgan fingerprint density at radius 3 is 2.48 bits per heavy atom. The fourth-order valence-electron chi connectivity index (χ4n) is 2.04. The van der Waals surface area contributed by atoms with Gasteiger partial charge in [-0.3, -0.25) is 4.79 Å². The Bertz CT molecular complexity index is 673. The Hall–Kier alpha value is -1.91. The van der Waals surface area contributed by atoms with E-state index in [9.17, 15) is 4.79 Å². The summed E-state index contributed by atoms with van der Waals surface area (Å²) in [5.41, 5.74) is 7.97. The van der Waals surface area contributed by atoms with Crippen molar-refractivity contribution < 1.29 is 4.79 Å². The third-order valence-electron chi connectivity index (χ3n) is 3.21. The number of carbonyl (C=O) groups excluding carboxylic acids is 1. The third-order valence-corrected chi connectivity index (χ3v) is 3.85. The van der Waals surface area contributed by atoms with E-state index >= 15 is 0 Å². The number of hydrogen-bond acceptors (Lipinski definition) is 2. The van der Waals surface area contributed by atoms with E-state index < -0.39 is 5.92 Å². The van der Waals surface area contributed by atoms with E-state index in [0.29, 0.717) is 10.7 Å². The lowest BCUT2D eigenvalue weighted by Gasteiger charge is -2.17. The fourth-order valence-corrected chi connectivity index (χ4v) is 2.46. The summed E-state index contributed by atoms with van der Waals surface area (Å²) in [7, 11) is 0. The molecular weight excluding hydrogens is 304 g/mol. The Morgan fingerprint density at radius 2 is 1.86 bits per heavy atom. The van der Waals surface area contributed by atoms with Crippen LogP contribution in [-0.2, 0) is 4.79 Å². The van der Waals surface area contributed by atoms with Crippen LogP contribution in [-0.4, -0.2) is 10.9 Å². The summed E-state index contributed by atoms with van der Waals surface area (Å²) in [4.78, 5) is 12.6. The summed E-state index contributed by atoms with van der Waals surface area (Å²) in [6.45, 7) is 1.84. The number of nitrogens with two attached hydrogens (primary N) is 1. The van der Waals surface area contributed by atoms with Crippen molar-refractivity contribution in [2.24, 2.45) is 5.73 Å². The topological polar surface area (TPSA) is 55.1 Å². The van der Waals surface area contributed by atoms with Gasteiger partial charge in [-0.1, -0.05) is 60.2 Å². The van der Waals surface area contributed by atoms with Crippen molar-refractivity contribution in [2.75, 3.05) is 5.32 Å². The van der Waals surface area contributed by atoms with Crippen molar-refractivity contribution in [3.05, 3.63) is 64.7 Å². The molecule has 0 spiro atoms. The summed E-state index contributed by atoms with van der Waals surface area (Å²) < 4.78 is 0. The maximum Gasteiger partial charge on any atom is 0.238 e. The van der Waals surface area contributed by atoms with Gasteiger partial charge in [0.2, 0.25) is 5.91 Å². The SMILES string of the molecule is Cc1c(Cl)cccc1NC(=O)C(C(N)=S)c1ccccc1. The largest absolute Gasteiger partial charge is 0.392 e. The van der Waals surface area contributed by atoms with E-state index in [2.05, 4.69) is 5.32 Å². The minimum atomic E-state index is -0.667. The van der Waals surface area contributed by atoms with Crippen molar-refractivity contribution in [1.29, 1.82) is 0 Å². The summed E-state index contributed by atoms with van der Waals surface area (Å²) in [5.74, 6) is -0.932. The van der Waals surface area contributed by atoms with Crippen LogP contribution in [0.25, 0.3) is 0 Å². The van der Waals surface area contributed by atoms with Crippen molar-refractivity contribution >= 4 is 40.4 Å². The average Bonchev–Trinajstić information content (AvgIpc) is 2.45. The van der Waals surface area contributed by atoms with Gasteiger partial charge >= 0.3 is 0 Å². The van der Waals surface area contributed by atoms with E-state index in [0.717, 1.165) is 11.1 Å². The number of carbonyl (C=O) groups is 1. The molecule has 0 saturated heterocycles. The quantitative estimate of drug-likeness (QED) is 0.846. The van der Waals surface area contributed by atoms with Crippen LogP contribution in [0.3, 0.4) is 0 Å². The van der Waals surface area contributed by atoms with Crippen LogP contribution in [0.15, 0.2) is 48.5 Å². The first kappa shape index (κ1) is 15.5. The van der Waals surface area contributed by atoms with Gasteiger partial charge in [0, 0.05) is 10.7 Å². The molecule has 3 N–H and O–H groups in total. The molecule has 0 aromatic heterocycles. The zero-order valence-corrected chi connectivity index (χ0v) is 13.0. The van der Waals surface area contributed by atoms with Crippen LogP contribution in [0.5, 0.6) is 0 Å². The van der Waals surface area contributed by atoms with Gasteiger partial charge in [-0.25, -0.2) is 0 Å². The number of benzene rings is 2. The zero-order chi connectivity index (χ0) is 15.4. The van der Waals surface area contributed by atoms with Crippen molar-refractivity contribution in [2.45, 2.75) is 12.8 Å². The average molecular weight is 319 g/mol. The van der Waals surface area contributed by atoms with Gasteiger partial charge in [-0.2, -0.15) is 0 Å².